The highest BCUT2D eigenvalue weighted by Gasteiger charge is 2.30. The molecule has 596 valence electrons. The molecule has 0 radical (unpaired) electrons. The first-order chi connectivity index (χ1) is 51.7. The highest BCUT2D eigenvalue weighted by atomic mass is 31.2. The summed E-state index contributed by atoms with van der Waals surface area (Å²) in [7, 11) is -10.0. The Balaban J connectivity index is 5.54. The fourth-order valence-corrected chi connectivity index (χ4v) is 10.9. The second kappa shape index (κ2) is 76.8. The molecular formula is C87H136O17P2. The third-order valence-electron chi connectivity index (χ3n) is 15.2. The quantitative estimate of drug-likeness (QED) is 0.0169. The summed E-state index contributed by atoms with van der Waals surface area (Å²) in [5, 5.41) is 10.6. The number of ether oxygens (including phenoxy) is 4. The maximum Gasteiger partial charge on any atom is 0.472 e. The van der Waals surface area contributed by atoms with Crippen LogP contribution < -0.4 is 0 Å². The van der Waals surface area contributed by atoms with Crippen molar-refractivity contribution in [1.82, 2.24) is 0 Å². The largest absolute Gasteiger partial charge is 0.472 e. The van der Waals surface area contributed by atoms with Crippen LogP contribution in [0.3, 0.4) is 0 Å². The van der Waals surface area contributed by atoms with Crippen molar-refractivity contribution < 1.29 is 80.2 Å². The molecule has 0 aliphatic heterocycles. The highest BCUT2D eigenvalue weighted by molar-refractivity contribution is 7.47. The summed E-state index contributed by atoms with van der Waals surface area (Å²) in [6.07, 6.45) is 95.5. The fraction of sp³-hybridized carbons (Fsp3) is 0.563. The van der Waals surface area contributed by atoms with Crippen LogP contribution in [0.4, 0.5) is 0 Å². The van der Waals surface area contributed by atoms with Gasteiger partial charge in [0.05, 0.1) is 26.4 Å². The lowest BCUT2D eigenvalue weighted by Gasteiger charge is -2.21. The first-order valence-electron chi connectivity index (χ1n) is 39.3. The average Bonchev–Trinajstić information content (AvgIpc) is 0.903. The van der Waals surface area contributed by atoms with Crippen LogP contribution >= 0.6 is 15.6 Å². The molecule has 0 aliphatic rings. The number of aliphatic hydroxyl groups is 1. The van der Waals surface area contributed by atoms with Gasteiger partial charge in [0, 0.05) is 25.7 Å². The Labute approximate surface area is 639 Å². The third kappa shape index (κ3) is 75.9. The summed E-state index contributed by atoms with van der Waals surface area (Å²) >= 11 is 0. The van der Waals surface area contributed by atoms with Gasteiger partial charge in [-0.15, -0.1) is 0 Å². The molecule has 17 nitrogen and oxygen atoms in total. The number of phosphoric ester groups is 2. The number of rotatable bonds is 71. The van der Waals surface area contributed by atoms with Crippen molar-refractivity contribution in [2.24, 2.45) is 0 Å². The van der Waals surface area contributed by atoms with Crippen LogP contribution in [0.15, 0.2) is 207 Å². The molecule has 5 unspecified atom stereocenters. The normalized spacial score (nSPS) is 15.0. The molecular weight excluding hydrogens is 1380 g/mol. The van der Waals surface area contributed by atoms with Crippen molar-refractivity contribution >= 4 is 39.5 Å². The molecule has 0 spiro atoms. The second-order valence-corrected chi connectivity index (χ2v) is 28.1. The van der Waals surface area contributed by atoms with Gasteiger partial charge in [-0.05, 0) is 173 Å². The van der Waals surface area contributed by atoms with E-state index in [9.17, 15) is 43.2 Å². The van der Waals surface area contributed by atoms with Crippen LogP contribution in [0, 0.1) is 0 Å². The molecule has 3 N–H and O–H groups in total. The molecule has 0 aliphatic carbocycles. The van der Waals surface area contributed by atoms with E-state index in [1.54, 1.807) is 0 Å². The molecule has 106 heavy (non-hydrogen) atoms. The van der Waals surface area contributed by atoms with Crippen LogP contribution in [-0.2, 0) is 65.4 Å². The Hall–Kier alpha value is -6.36. The van der Waals surface area contributed by atoms with E-state index in [2.05, 4.69) is 216 Å². The van der Waals surface area contributed by atoms with Crippen LogP contribution in [0.25, 0.3) is 0 Å². The predicted molar refractivity (Wildman–Crippen MR) is 435 cm³/mol. The summed E-state index contributed by atoms with van der Waals surface area (Å²) in [4.78, 5) is 73.0. The molecule has 0 heterocycles. The van der Waals surface area contributed by atoms with E-state index in [0.717, 1.165) is 173 Å². The molecule has 0 rings (SSSR count). The predicted octanol–water partition coefficient (Wildman–Crippen LogP) is 23.1. The van der Waals surface area contributed by atoms with Gasteiger partial charge in [0.2, 0.25) is 0 Å². The number of hydrogen-bond donors (Lipinski definition) is 3. The van der Waals surface area contributed by atoms with E-state index in [1.807, 2.05) is 18.2 Å². The Morgan fingerprint density at radius 2 is 0.509 bits per heavy atom. The summed E-state index contributed by atoms with van der Waals surface area (Å²) < 4.78 is 68.4. The molecule has 0 aromatic carbocycles. The van der Waals surface area contributed by atoms with Gasteiger partial charge in [-0.1, -0.05) is 266 Å². The topological polar surface area (TPSA) is 237 Å². The lowest BCUT2D eigenvalue weighted by Crippen LogP contribution is -2.30. The van der Waals surface area contributed by atoms with Crippen LogP contribution in [0.5, 0.6) is 0 Å². The van der Waals surface area contributed by atoms with Crippen LogP contribution in [0.2, 0.25) is 0 Å². The number of aliphatic hydroxyl groups excluding tert-OH is 1. The number of allylic oxidation sites excluding steroid dienone is 34. The number of carbonyl (C=O) groups excluding carboxylic acids is 4. The Bertz CT molecular complexity index is 2830. The van der Waals surface area contributed by atoms with E-state index >= 15 is 0 Å². The van der Waals surface area contributed by atoms with Crippen molar-refractivity contribution in [2.45, 2.75) is 277 Å². The lowest BCUT2D eigenvalue weighted by atomic mass is 10.1. The average molecular weight is 1520 g/mol. The molecule has 0 fully saturated rings. The molecule has 19 heteroatoms. The Morgan fingerprint density at radius 1 is 0.274 bits per heavy atom. The SMILES string of the molecule is CC/C=C\C/C=C\C/C=C\C/C=C\C/C=C\C/C=C\CCC(=O)OCC(COP(=O)(O)OCC(O)COP(=O)(O)OCC(COC(=O)CCCC/C=C\C/C=C\C/C=C\C/C=C\CC)OC(=O)CCCCCCC/C=C\C/C=C\CCC)OC(=O)CCCCC/C=C\C/C=C\C/C=C\C/C=C\C/C=C\CC. The molecule has 0 amide bonds. The van der Waals surface area contributed by atoms with E-state index in [-0.39, 0.29) is 25.7 Å². The first kappa shape index (κ1) is 99.6. The molecule has 0 aromatic heterocycles. The van der Waals surface area contributed by atoms with Gasteiger partial charge in [0.1, 0.15) is 19.3 Å². The summed E-state index contributed by atoms with van der Waals surface area (Å²) in [6, 6.07) is 0. The monoisotopic (exact) mass is 1510 g/mol. The van der Waals surface area contributed by atoms with Gasteiger partial charge in [0.25, 0.3) is 0 Å². The maximum atomic E-state index is 13.1. The van der Waals surface area contributed by atoms with Crippen LogP contribution in [0.1, 0.15) is 259 Å². The minimum absolute atomic E-state index is 0.0184. The first-order valence-corrected chi connectivity index (χ1v) is 42.3. The molecule has 0 bridgehead atoms. The molecule has 5 atom stereocenters. The van der Waals surface area contributed by atoms with E-state index in [1.165, 1.54) is 0 Å². The number of hydrogen-bond acceptors (Lipinski definition) is 15. The fourth-order valence-electron chi connectivity index (χ4n) is 9.36. The summed E-state index contributed by atoms with van der Waals surface area (Å²) in [6.45, 7) is 4.23. The van der Waals surface area contributed by atoms with Gasteiger partial charge < -0.3 is 33.8 Å². The minimum Gasteiger partial charge on any atom is -0.462 e. The minimum atomic E-state index is -5.02. The van der Waals surface area contributed by atoms with Gasteiger partial charge >= 0.3 is 39.5 Å². The highest BCUT2D eigenvalue weighted by Crippen LogP contribution is 2.45. The van der Waals surface area contributed by atoms with E-state index in [0.29, 0.717) is 32.1 Å². The van der Waals surface area contributed by atoms with Crippen molar-refractivity contribution in [3.05, 3.63) is 207 Å². The zero-order valence-corrected chi connectivity index (χ0v) is 66.8. The molecule has 0 saturated heterocycles. The number of unbranched alkanes of at least 4 members (excludes halogenated alkanes) is 11. The van der Waals surface area contributed by atoms with Crippen molar-refractivity contribution in [1.29, 1.82) is 0 Å². The van der Waals surface area contributed by atoms with Crippen molar-refractivity contribution in [3.63, 3.8) is 0 Å². The Kier molecular flexibility index (Phi) is 72.2. The van der Waals surface area contributed by atoms with E-state index < -0.39 is 97.5 Å². The van der Waals surface area contributed by atoms with Gasteiger partial charge in [0.15, 0.2) is 12.2 Å². The Morgan fingerprint density at radius 3 is 0.840 bits per heavy atom. The van der Waals surface area contributed by atoms with Gasteiger partial charge in [-0.25, -0.2) is 9.13 Å². The van der Waals surface area contributed by atoms with Crippen molar-refractivity contribution in [2.75, 3.05) is 39.6 Å². The molecule has 0 aromatic rings. The van der Waals surface area contributed by atoms with Crippen molar-refractivity contribution in [3.8, 4) is 0 Å². The standard InChI is InChI=1S/C87H136O17P2/c1-5-9-13-17-21-25-29-33-36-38-40-42-45-49-52-56-60-64-68-72-85(90)98-78-83(104-87(92)74-70-66-62-58-54-50-46-43-41-39-37-34-30-26-22-18-14-10-6-2)80-102-106(95,96)100-76-81(88)75-99-105(93,94)101-79-82(103-86(91)73-69-65-61-57-53-47-32-28-24-20-16-12-8-4)77-97-84(89)71-67-63-59-55-51-48-44-35-31-27-23-19-15-11-7-3/h9-11,13-16,20-23,25-28,32-37,40-44,49-52,54-55,60,64,81-83,88H,5-8,12,17-19,24,29-31,38-39,45-48,53,56-59,61-63,65-80H2,1-4H3,(H,93,94)(H,95,96)/b13-9-,14-10-,15-11-,20-16-,25-21-,26-22-,27-23-,32-28-,36-33-,37-34-,42-40-,43-41-,44-35-,52-49-,54-50-,55-51-,64-60-. The zero-order chi connectivity index (χ0) is 77.4. The summed E-state index contributed by atoms with van der Waals surface area (Å²) in [5.41, 5.74) is 0. The van der Waals surface area contributed by atoms with Gasteiger partial charge in [-0.2, -0.15) is 0 Å². The number of carbonyl (C=O) groups is 4. The maximum absolute atomic E-state index is 13.1. The van der Waals surface area contributed by atoms with Crippen LogP contribution in [-0.4, -0.2) is 96.7 Å². The number of esters is 4. The summed E-state index contributed by atoms with van der Waals surface area (Å²) in [5.74, 6) is -2.40. The van der Waals surface area contributed by atoms with E-state index in [4.69, 9.17) is 37.0 Å². The number of phosphoric acid groups is 2. The second-order valence-electron chi connectivity index (χ2n) is 25.1. The lowest BCUT2D eigenvalue weighted by molar-refractivity contribution is -0.161. The smallest absolute Gasteiger partial charge is 0.462 e. The third-order valence-corrected chi connectivity index (χ3v) is 17.1. The zero-order valence-electron chi connectivity index (χ0n) is 65.0. The molecule has 0 saturated carbocycles. The van der Waals surface area contributed by atoms with Gasteiger partial charge in [-0.3, -0.25) is 37.3 Å².